The van der Waals surface area contributed by atoms with Gasteiger partial charge in [-0.3, -0.25) is 4.79 Å². The molecule has 0 bridgehead atoms. The first-order valence-electron chi connectivity index (χ1n) is 6.13. The molecule has 0 aromatic carbocycles. The third-order valence-corrected chi connectivity index (χ3v) is 5.37. The zero-order valence-electron chi connectivity index (χ0n) is 10.8. The van der Waals surface area contributed by atoms with Crippen LogP contribution >= 0.6 is 35.3 Å². The summed E-state index contributed by atoms with van der Waals surface area (Å²) in [6.45, 7) is 2.38. The van der Waals surface area contributed by atoms with Crippen LogP contribution in [0.2, 0.25) is 0 Å². The molecule has 2 aromatic rings. The van der Waals surface area contributed by atoms with Gasteiger partial charge in [0, 0.05) is 29.6 Å². The molecule has 0 aliphatic rings. The minimum Gasteiger partial charge on any atom is -0.380 e. The van der Waals surface area contributed by atoms with Crippen LogP contribution in [0.25, 0.3) is 9.40 Å². The summed E-state index contributed by atoms with van der Waals surface area (Å²) in [5, 5.41) is 1.22. The number of anilines is 1. The van der Waals surface area contributed by atoms with Gasteiger partial charge in [-0.1, -0.05) is 0 Å². The highest BCUT2D eigenvalue weighted by Crippen LogP contribution is 2.36. The molecule has 6 heteroatoms. The topological polar surface area (TPSA) is 29.5 Å². The molecule has 0 fully saturated rings. The third-order valence-electron chi connectivity index (χ3n) is 2.72. The van der Waals surface area contributed by atoms with Crippen LogP contribution in [-0.4, -0.2) is 38.8 Å². The van der Waals surface area contributed by atoms with Crippen LogP contribution in [0, 0.1) is 0 Å². The standard InChI is InChI=1S/C13H17NO2S3/c1-14(3-5-16-4-2-6-17)13-8-12-11(19-13)7-10(9-15)18-12/h7-9,17H,2-6H2,1H3. The van der Waals surface area contributed by atoms with Gasteiger partial charge in [0.05, 0.1) is 16.5 Å². The third kappa shape index (κ3) is 3.95. The Balaban J connectivity index is 1.88. The highest BCUT2D eigenvalue weighted by atomic mass is 32.1. The van der Waals surface area contributed by atoms with E-state index in [-0.39, 0.29) is 0 Å². The van der Waals surface area contributed by atoms with Gasteiger partial charge in [-0.25, -0.2) is 0 Å². The van der Waals surface area contributed by atoms with Crippen molar-refractivity contribution in [1.82, 2.24) is 0 Å². The van der Waals surface area contributed by atoms with Crippen molar-refractivity contribution >= 4 is 56.0 Å². The summed E-state index contributed by atoms with van der Waals surface area (Å²) in [5.41, 5.74) is 0. The Kier molecular flexibility index (Phi) is 5.69. The quantitative estimate of drug-likeness (QED) is 0.459. The molecule has 0 radical (unpaired) electrons. The van der Waals surface area contributed by atoms with Crippen LogP contribution in [0.4, 0.5) is 5.00 Å². The minimum absolute atomic E-state index is 0.732. The average Bonchev–Trinajstić information content (AvgIpc) is 2.95. The van der Waals surface area contributed by atoms with Gasteiger partial charge < -0.3 is 9.64 Å². The van der Waals surface area contributed by atoms with Crippen molar-refractivity contribution in [2.75, 3.05) is 37.5 Å². The summed E-state index contributed by atoms with van der Waals surface area (Å²) in [6, 6.07) is 4.10. The number of carbonyl (C=O) groups is 1. The van der Waals surface area contributed by atoms with E-state index >= 15 is 0 Å². The molecule has 0 atom stereocenters. The van der Waals surface area contributed by atoms with Gasteiger partial charge >= 0.3 is 0 Å². The number of rotatable bonds is 8. The second kappa shape index (κ2) is 7.28. The van der Waals surface area contributed by atoms with Crippen molar-refractivity contribution in [2.24, 2.45) is 0 Å². The van der Waals surface area contributed by atoms with Crippen molar-refractivity contribution in [2.45, 2.75) is 6.42 Å². The number of ether oxygens (including phenoxy) is 1. The molecule has 104 valence electrons. The number of nitrogens with zero attached hydrogens (tertiary/aromatic N) is 1. The van der Waals surface area contributed by atoms with E-state index in [0.717, 1.165) is 43.1 Å². The molecule has 0 spiro atoms. The van der Waals surface area contributed by atoms with Gasteiger partial charge in [0.15, 0.2) is 6.29 Å². The van der Waals surface area contributed by atoms with Crippen LogP contribution < -0.4 is 4.90 Å². The lowest BCUT2D eigenvalue weighted by Gasteiger charge is -2.16. The number of thiophene rings is 2. The summed E-state index contributed by atoms with van der Waals surface area (Å²) in [6.07, 6.45) is 1.91. The predicted octanol–water partition coefficient (Wildman–Crippen LogP) is 3.55. The number of carbonyl (C=O) groups excluding carboxylic acids is 1. The molecule has 0 amide bonds. The number of likely N-dealkylation sites (N-methyl/N-ethyl adjacent to an activating group) is 1. The largest absolute Gasteiger partial charge is 0.380 e. The van der Waals surface area contributed by atoms with Crippen molar-refractivity contribution in [3.63, 3.8) is 0 Å². The van der Waals surface area contributed by atoms with E-state index in [1.807, 2.05) is 6.07 Å². The summed E-state index contributed by atoms with van der Waals surface area (Å²) < 4.78 is 7.90. The SMILES string of the molecule is CN(CCOCCCS)c1cc2sc(C=O)cc2s1. The second-order valence-electron chi connectivity index (χ2n) is 4.19. The molecule has 3 nitrogen and oxygen atoms in total. The van der Waals surface area contributed by atoms with Gasteiger partial charge in [0.2, 0.25) is 0 Å². The maximum Gasteiger partial charge on any atom is 0.160 e. The predicted molar refractivity (Wildman–Crippen MR) is 87.6 cm³/mol. The Bertz CT molecular complexity index is 503. The zero-order chi connectivity index (χ0) is 13.7. The Morgan fingerprint density at radius 1 is 1.32 bits per heavy atom. The van der Waals surface area contributed by atoms with Crippen LogP contribution in [0.5, 0.6) is 0 Å². The fourth-order valence-corrected chi connectivity index (χ4v) is 4.00. The van der Waals surface area contributed by atoms with Crippen molar-refractivity contribution in [1.29, 1.82) is 0 Å². The lowest BCUT2D eigenvalue weighted by molar-refractivity contribution is 0.112. The molecule has 2 heterocycles. The van der Waals surface area contributed by atoms with Crippen molar-refractivity contribution < 1.29 is 9.53 Å². The first kappa shape index (κ1) is 14.8. The molecule has 0 saturated heterocycles. The van der Waals surface area contributed by atoms with E-state index in [0.29, 0.717) is 0 Å². The monoisotopic (exact) mass is 315 g/mol. The lowest BCUT2D eigenvalue weighted by atomic mass is 10.4. The summed E-state index contributed by atoms with van der Waals surface area (Å²) in [7, 11) is 2.07. The fraction of sp³-hybridized carbons (Fsp3) is 0.462. The van der Waals surface area contributed by atoms with Gasteiger partial charge in [-0.05, 0) is 24.3 Å². The van der Waals surface area contributed by atoms with Crippen molar-refractivity contribution in [3.05, 3.63) is 17.0 Å². The van der Waals surface area contributed by atoms with Crippen LogP contribution in [-0.2, 0) is 4.74 Å². The summed E-state index contributed by atoms with van der Waals surface area (Å²) in [5.74, 6) is 0.871. The lowest BCUT2D eigenvalue weighted by Crippen LogP contribution is -2.21. The maximum atomic E-state index is 10.7. The number of fused-ring (bicyclic) bond motifs is 1. The molecule has 19 heavy (non-hydrogen) atoms. The Morgan fingerprint density at radius 3 is 2.79 bits per heavy atom. The Morgan fingerprint density at radius 2 is 2.11 bits per heavy atom. The fourth-order valence-electron chi connectivity index (χ4n) is 1.67. The van der Waals surface area contributed by atoms with E-state index in [1.165, 1.54) is 14.4 Å². The first-order valence-corrected chi connectivity index (χ1v) is 8.39. The van der Waals surface area contributed by atoms with Crippen LogP contribution in [0.15, 0.2) is 12.1 Å². The molecular weight excluding hydrogens is 298 g/mol. The normalized spacial score (nSPS) is 11.1. The molecule has 0 aliphatic carbocycles. The molecule has 2 rings (SSSR count). The van der Waals surface area contributed by atoms with E-state index in [4.69, 9.17) is 4.74 Å². The van der Waals surface area contributed by atoms with E-state index < -0.39 is 0 Å². The summed E-state index contributed by atoms with van der Waals surface area (Å²) in [4.78, 5) is 13.7. The van der Waals surface area contributed by atoms with Crippen LogP contribution in [0.1, 0.15) is 16.1 Å². The zero-order valence-corrected chi connectivity index (χ0v) is 13.3. The number of hydrogen-bond acceptors (Lipinski definition) is 6. The molecule has 2 aromatic heterocycles. The van der Waals surface area contributed by atoms with Gasteiger partial charge in [0.25, 0.3) is 0 Å². The van der Waals surface area contributed by atoms with Crippen LogP contribution in [0.3, 0.4) is 0 Å². The van der Waals surface area contributed by atoms with Gasteiger partial charge in [0.1, 0.15) is 0 Å². The number of aldehydes is 1. The highest BCUT2D eigenvalue weighted by molar-refractivity contribution is 7.80. The van der Waals surface area contributed by atoms with Crippen molar-refractivity contribution in [3.8, 4) is 0 Å². The molecule has 0 aliphatic heterocycles. The highest BCUT2D eigenvalue weighted by Gasteiger charge is 2.09. The Labute approximate surface area is 126 Å². The van der Waals surface area contributed by atoms with Gasteiger partial charge in [-0.2, -0.15) is 12.6 Å². The minimum atomic E-state index is 0.732. The molecule has 0 N–H and O–H groups in total. The maximum absolute atomic E-state index is 10.7. The first-order chi connectivity index (χ1) is 9.24. The van der Waals surface area contributed by atoms with E-state index in [1.54, 1.807) is 22.7 Å². The molecule has 0 saturated carbocycles. The van der Waals surface area contributed by atoms with Gasteiger partial charge in [-0.15, -0.1) is 22.7 Å². The Hall–Kier alpha value is -0.560. The smallest absolute Gasteiger partial charge is 0.160 e. The molecular formula is C13H17NO2S3. The second-order valence-corrected chi connectivity index (χ2v) is 6.82. The number of hydrogen-bond donors (Lipinski definition) is 1. The summed E-state index contributed by atoms with van der Waals surface area (Å²) >= 11 is 7.41. The van der Waals surface area contributed by atoms with E-state index in [9.17, 15) is 4.79 Å². The number of thiol groups is 1. The molecule has 0 unspecified atom stereocenters. The van der Waals surface area contributed by atoms with E-state index in [2.05, 4.69) is 30.6 Å². The average molecular weight is 315 g/mol.